The van der Waals surface area contributed by atoms with Crippen LogP contribution in [-0.2, 0) is 5.41 Å². The fraction of sp³-hybridized carbons (Fsp3) is 0.381. The highest BCUT2D eigenvalue weighted by molar-refractivity contribution is 6.32. The molecule has 0 spiro atoms. The Bertz CT molecular complexity index is 733. The van der Waals surface area contributed by atoms with E-state index in [9.17, 15) is 4.79 Å². The molecule has 0 heterocycles. The molecular formula is C21H26ClNO2. The van der Waals surface area contributed by atoms with Crippen LogP contribution >= 0.6 is 11.6 Å². The predicted octanol–water partition coefficient (Wildman–Crippen LogP) is 6.66. The summed E-state index contributed by atoms with van der Waals surface area (Å²) < 4.78 is 5.34. The molecule has 2 aromatic rings. The van der Waals surface area contributed by atoms with Crippen molar-refractivity contribution in [2.24, 2.45) is 5.41 Å². The standard InChI is InChI=1S/C21H26ClNO2/c1-20(2,3)14-21(4,5)15-11-12-18(17(22)13-15)25-19(24)23-16-9-7-6-8-10-16/h6-13H,14H2,1-5H3,(H,23,24). The Morgan fingerprint density at radius 1 is 1.04 bits per heavy atom. The van der Waals surface area contributed by atoms with Gasteiger partial charge in [-0.15, -0.1) is 0 Å². The summed E-state index contributed by atoms with van der Waals surface area (Å²) in [6.07, 6.45) is 0.459. The fourth-order valence-electron chi connectivity index (χ4n) is 3.20. The van der Waals surface area contributed by atoms with Gasteiger partial charge in [0.25, 0.3) is 0 Å². The number of hydrogen-bond donors (Lipinski definition) is 1. The first kappa shape index (κ1) is 19.3. The van der Waals surface area contributed by atoms with E-state index in [0.29, 0.717) is 16.5 Å². The third-order valence-electron chi connectivity index (χ3n) is 3.91. The lowest BCUT2D eigenvalue weighted by molar-refractivity contribution is 0.215. The first-order valence-corrected chi connectivity index (χ1v) is 8.79. The molecule has 0 saturated heterocycles. The number of rotatable bonds is 4. The molecule has 134 valence electrons. The van der Waals surface area contributed by atoms with E-state index in [1.54, 1.807) is 18.2 Å². The van der Waals surface area contributed by atoms with Gasteiger partial charge in [0.15, 0.2) is 5.75 Å². The molecule has 0 fully saturated rings. The van der Waals surface area contributed by atoms with Gasteiger partial charge in [0.05, 0.1) is 5.02 Å². The van der Waals surface area contributed by atoms with Crippen LogP contribution in [0, 0.1) is 5.41 Å². The number of nitrogens with one attached hydrogen (secondary N) is 1. The maximum absolute atomic E-state index is 12.0. The maximum Gasteiger partial charge on any atom is 0.417 e. The van der Waals surface area contributed by atoms with Crippen molar-refractivity contribution < 1.29 is 9.53 Å². The molecule has 3 nitrogen and oxygen atoms in total. The highest BCUT2D eigenvalue weighted by atomic mass is 35.5. The van der Waals surface area contributed by atoms with Crippen LogP contribution in [0.4, 0.5) is 10.5 Å². The molecule has 0 unspecified atom stereocenters. The molecule has 0 aliphatic heterocycles. The van der Waals surface area contributed by atoms with Crippen molar-refractivity contribution >= 4 is 23.4 Å². The van der Waals surface area contributed by atoms with Crippen molar-refractivity contribution in [2.45, 2.75) is 46.5 Å². The van der Waals surface area contributed by atoms with E-state index in [-0.39, 0.29) is 10.8 Å². The molecule has 2 aromatic carbocycles. The van der Waals surface area contributed by atoms with Crippen LogP contribution in [0.2, 0.25) is 5.02 Å². The summed E-state index contributed by atoms with van der Waals surface area (Å²) in [6.45, 7) is 11.1. The van der Waals surface area contributed by atoms with Crippen LogP contribution in [0.3, 0.4) is 0 Å². The fourth-order valence-corrected chi connectivity index (χ4v) is 3.42. The Kier molecular flexibility index (Phi) is 5.79. The third kappa shape index (κ3) is 5.79. The first-order chi connectivity index (χ1) is 11.6. The zero-order chi connectivity index (χ0) is 18.7. The molecule has 25 heavy (non-hydrogen) atoms. The van der Waals surface area contributed by atoms with E-state index < -0.39 is 6.09 Å². The second-order valence-electron chi connectivity index (χ2n) is 8.15. The van der Waals surface area contributed by atoms with Gasteiger partial charge in [0.2, 0.25) is 0 Å². The topological polar surface area (TPSA) is 38.3 Å². The summed E-state index contributed by atoms with van der Waals surface area (Å²) in [5.41, 5.74) is 1.99. The molecule has 0 atom stereocenters. The zero-order valence-corrected chi connectivity index (χ0v) is 16.3. The van der Waals surface area contributed by atoms with Crippen molar-refractivity contribution in [3.8, 4) is 5.75 Å². The summed E-state index contributed by atoms with van der Waals surface area (Å²) in [5, 5.41) is 3.11. The van der Waals surface area contributed by atoms with Crippen LogP contribution in [-0.4, -0.2) is 6.09 Å². The monoisotopic (exact) mass is 359 g/mol. The third-order valence-corrected chi connectivity index (χ3v) is 4.20. The highest BCUT2D eigenvalue weighted by Crippen LogP contribution is 2.38. The maximum atomic E-state index is 12.0. The summed E-state index contributed by atoms with van der Waals surface area (Å²) in [5.74, 6) is 0.352. The normalized spacial score (nSPS) is 11.9. The Balaban J connectivity index is 2.10. The van der Waals surface area contributed by atoms with Gasteiger partial charge in [0, 0.05) is 5.69 Å². The van der Waals surface area contributed by atoms with Crippen molar-refractivity contribution in [2.75, 3.05) is 5.32 Å². The molecule has 1 N–H and O–H groups in total. The van der Waals surface area contributed by atoms with E-state index in [4.69, 9.17) is 16.3 Å². The van der Waals surface area contributed by atoms with Gasteiger partial charge in [-0.2, -0.15) is 0 Å². The van der Waals surface area contributed by atoms with Crippen molar-refractivity contribution in [1.29, 1.82) is 0 Å². The molecule has 2 rings (SSSR count). The van der Waals surface area contributed by atoms with Gasteiger partial charge in [-0.05, 0) is 47.1 Å². The average molecular weight is 360 g/mol. The smallest absolute Gasteiger partial charge is 0.409 e. The SMILES string of the molecule is CC(C)(C)CC(C)(C)c1ccc(OC(=O)Nc2ccccc2)c(Cl)c1. The summed E-state index contributed by atoms with van der Waals surface area (Å²) in [6, 6.07) is 14.8. The van der Waals surface area contributed by atoms with Crippen molar-refractivity contribution in [3.63, 3.8) is 0 Å². The molecular weight excluding hydrogens is 334 g/mol. The minimum atomic E-state index is -0.560. The molecule has 0 aliphatic carbocycles. The van der Waals surface area contributed by atoms with Crippen LogP contribution in [0.15, 0.2) is 48.5 Å². The van der Waals surface area contributed by atoms with Gasteiger partial charge in [-0.3, -0.25) is 5.32 Å². The number of amides is 1. The zero-order valence-electron chi connectivity index (χ0n) is 15.5. The van der Waals surface area contributed by atoms with Gasteiger partial charge >= 0.3 is 6.09 Å². The Morgan fingerprint density at radius 3 is 2.24 bits per heavy atom. The van der Waals surface area contributed by atoms with Gasteiger partial charge < -0.3 is 4.74 Å². The Labute approximate surface area is 155 Å². The average Bonchev–Trinajstić information content (AvgIpc) is 2.47. The van der Waals surface area contributed by atoms with E-state index >= 15 is 0 Å². The van der Waals surface area contributed by atoms with E-state index in [1.807, 2.05) is 30.3 Å². The van der Waals surface area contributed by atoms with Crippen LogP contribution in [0.5, 0.6) is 5.75 Å². The molecule has 0 radical (unpaired) electrons. The van der Waals surface area contributed by atoms with Crippen molar-refractivity contribution in [1.82, 2.24) is 0 Å². The molecule has 1 amide bonds. The molecule has 4 heteroatoms. The molecule has 0 aromatic heterocycles. The quantitative estimate of drug-likeness (QED) is 0.662. The first-order valence-electron chi connectivity index (χ1n) is 8.41. The van der Waals surface area contributed by atoms with Crippen molar-refractivity contribution in [3.05, 3.63) is 59.1 Å². The van der Waals surface area contributed by atoms with Crippen LogP contribution < -0.4 is 10.1 Å². The van der Waals surface area contributed by atoms with Gasteiger partial charge in [-0.25, -0.2) is 4.79 Å². The van der Waals surface area contributed by atoms with Gasteiger partial charge in [0.1, 0.15) is 0 Å². The minimum absolute atomic E-state index is 0.0211. The van der Waals surface area contributed by atoms with Crippen LogP contribution in [0.25, 0.3) is 0 Å². The number of halogens is 1. The summed E-state index contributed by atoms with van der Waals surface area (Å²) >= 11 is 6.35. The Morgan fingerprint density at radius 2 is 1.68 bits per heavy atom. The van der Waals surface area contributed by atoms with E-state index in [1.165, 1.54) is 0 Å². The number of carbonyl (C=O) groups excluding carboxylic acids is 1. The summed E-state index contributed by atoms with van der Waals surface area (Å²) in [4.78, 5) is 12.0. The number of hydrogen-bond acceptors (Lipinski definition) is 2. The molecule has 0 bridgehead atoms. The second-order valence-corrected chi connectivity index (χ2v) is 8.55. The van der Waals surface area contributed by atoms with E-state index in [2.05, 4.69) is 39.9 Å². The lowest BCUT2D eigenvalue weighted by Gasteiger charge is -2.33. The number of ether oxygens (including phenoxy) is 1. The second kappa shape index (κ2) is 7.49. The largest absolute Gasteiger partial charge is 0.417 e. The predicted molar refractivity (Wildman–Crippen MR) is 105 cm³/mol. The number of carbonyl (C=O) groups is 1. The summed E-state index contributed by atoms with van der Waals surface area (Å²) in [7, 11) is 0. The molecule has 0 saturated carbocycles. The van der Waals surface area contributed by atoms with Gasteiger partial charge in [-0.1, -0.05) is 70.5 Å². The number of para-hydroxylation sites is 1. The number of benzene rings is 2. The lowest BCUT2D eigenvalue weighted by Crippen LogP contribution is -2.25. The van der Waals surface area contributed by atoms with E-state index in [0.717, 1.165) is 12.0 Å². The highest BCUT2D eigenvalue weighted by Gasteiger charge is 2.28. The Hall–Kier alpha value is -2.00. The molecule has 0 aliphatic rings. The minimum Gasteiger partial charge on any atom is -0.409 e. The van der Waals surface area contributed by atoms with Crippen LogP contribution in [0.1, 0.15) is 46.6 Å². The number of anilines is 1. The lowest BCUT2D eigenvalue weighted by atomic mass is 9.72.